The highest BCUT2D eigenvalue weighted by Crippen LogP contribution is 2.19. The number of ether oxygens (including phenoxy) is 1. The summed E-state index contributed by atoms with van der Waals surface area (Å²) in [4.78, 5) is 11.8. The zero-order valence-corrected chi connectivity index (χ0v) is 8.79. The van der Waals surface area contributed by atoms with Crippen LogP contribution in [0.3, 0.4) is 0 Å². The van der Waals surface area contributed by atoms with Crippen LogP contribution < -0.4 is 11.1 Å². The molecule has 3 N–H and O–H groups in total. The molecular formula is C7H11N5O2S. The Morgan fingerprint density at radius 2 is 2.27 bits per heavy atom. The third-order valence-corrected chi connectivity index (χ3v) is 2.87. The van der Waals surface area contributed by atoms with E-state index in [9.17, 15) is 4.79 Å². The van der Waals surface area contributed by atoms with Crippen LogP contribution in [0.1, 0.15) is 12.8 Å². The minimum Gasteiger partial charge on any atom is -0.381 e. The van der Waals surface area contributed by atoms with Gasteiger partial charge in [-0.25, -0.2) is 0 Å². The second-order valence-corrected chi connectivity index (χ2v) is 4.12. The molecule has 0 aliphatic carbocycles. The molecule has 0 bridgehead atoms. The Morgan fingerprint density at radius 1 is 1.53 bits per heavy atom. The van der Waals surface area contributed by atoms with Gasteiger partial charge < -0.3 is 10.5 Å². The minimum atomic E-state index is -0.857. The predicted octanol–water partition coefficient (Wildman–Crippen LogP) is -0.621. The first-order valence-corrected chi connectivity index (χ1v) is 5.31. The van der Waals surface area contributed by atoms with Crippen LogP contribution >= 0.6 is 11.5 Å². The molecule has 7 nitrogen and oxygen atoms in total. The molecule has 1 aromatic heterocycles. The zero-order valence-electron chi connectivity index (χ0n) is 7.97. The molecule has 1 saturated heterocycles. The Bertz CT molecular complexity index is 335. The van der Waals surface area contributed by atoms with Crippen LogP contribution in [0, 0.1) is 0 Å². The molecule has 0 radical (unpaired) electrons. The van der Waals surface area contributed by atoms with Gasteiger partial charge in [0, 0.05) is 24.7 Å². The van der Waals surface area contributed by atoms with Crippen LogP contribution in [0.4, 0.5) is 5.13 Å². The Balaban J connectivity index is 2.00. The number of carbonyl (C=O) groups is 1. The fraction of sp³-hybridized carbons (Fsp3) is 0.714. The molecule has 15 heavy (non-hydrogen) atoms. The van der Waals surface area contributed by atoms with Crippen molar-refractivity contribution in [2.45, 2.75) is 18.4 Å². The van der Waals surface area contributed by atoms with Gasteiger partial charge in [0.15, 0.2) is 0 Å². The van der Waals surface area contributed by atoms with Crippen molar-refractivity contribution in [3.8, 4) is 0 Å². The second-order valence-electron chi connectivity index (χ2n) is 3.39. The molecule has 0 aromatic carbocycles. The van der Waals surface area contributed by atoms with Crippen molar-refractivity contribution in [1.29, 1.82) is 0 Å². The number of nitrogens with one attached hydrogen (secondary N) is 1. The third-order valence-electron chi connectivity index (χ3n) is 2.36. The summed E-state index contributed by atoms with van der Waals surface area (Å²) < 4.78 is 8.70. The average Bonchev–Trinajstić information content (AvgIpc) is 2.71. The topological polar surface area (TPSA) is 103 Å². The van der Waals surface area contributed by atoms with Crippen LogP contribution in [0.5, 0.6) is 0 Å². The van der Waals surface area contributed by atoms with Gasteiger partial charge in [0.05, 0.1) is 0 Å². The molecule has 0 unspecified atom stereocenters. The maximum Gasteiger partial charge on any atom is 0.246 e. The van der Waals surface area contributed by atoms with Crippen LogP contribution in [-0.2, 0) is 9.53 Å². The molecule has 0 atom stereocenters. The molecule has 1 amide bonds. The first-order chi connectivity index (χ1) is 7.21. The largest absolute Gasteiger partial charge is 0.381 e. The van der Waals surface area contributed by atoms with E-state index in [1.807, 2.05) is 0 Å². The summed E-state index contributed by atoms with van der Waals surface area (Å²) in [6.45, 7) is 1.02. The Hall–Kier alpha value is -1.12. The second kappa shape index (κ2) is 4.17. The quantitative estimate of drug-likeness (QED) is 0.700. The average molecular weight is 229 g/mol. The van der Waals surface area contributed by atoms with Gasteiger partial charge in [-0.1, -0.05) is 9.59 Å². The molecule has 0 spiro atoms. The Kier molecular flexibility index (Phi) is 2.89. The lowest BCUT2D eigenvalue weighted by molar-refractivity contribution is -0.124. The summed E-state index contributed by atoms with van der Waals surface area (Å²) in [6, 6.07) is 0. The van der Waals surface area contributed by atoms with Crippen LogP contribution in [-0.4, -0.2) is 39.5 Å². The van der Waals surface area contributed by atoms with Crippen molar-refractivity contribution < 1.29 is 9.53 Å². The monoisotopic (exact) mass is 229 g/mol. The smallest absolute Gasteiger partial charge is 0.246 e. The van der Waals surface area contributed by atoms with E-state index in [4.69, 9.17) is 10.5 Å². The number of carbonyl (C=O) groups excluding carboxylic acids is 1. The summed E-state index contributed by atoms with van der Waals surface area (Å²) in [5, 5.41) is 9.97. The summed E-state index contributed by atoms with van der Waals surface area (Å²) >= 11 is 1.02. The standard InChI is InChI=1S/C7H11N5O2S/c8-7(1-3-14-4-2-7)5(13)9-6-10-11-12-15-6/h1-4,8H2,(H,9,10,12,13). The van der Waals surface area contributed by atoms with Gasteiger partial charge in [-0.2, -0.15) is 0 Å². The Morgan fingerprint density at radius 3 is 2.87 bits per heavy atom. The van der Waals surface area contributed by atoms with Gasteiger partial charge in [-0.3, -0.25) is 10.1 Å². The van der Waals surface area contributed by atoms with Crippen molar-refractivity contribution in [2.24, 2.45) is 5.73 Å². The third kappa shape index (κ3) is 2.28. The van der Waals surface area contributed by atoms with E-state index in [1.54, 1.807) is 0 Å². The van der Waals surface area contributed by atoms with E-state index >= 15 is 0 Å². The molecule has 1 aromatic rings. The number of amides is 1. The van der Waals surface area contributed by atoms with Crippen LogP contribution in [0.25, 0.3) is 0 Å². The highest BCUT2D eigenvalue weighted by Gasteiger charge is 2.36. The Labute approximate surface area is 90.2 Å². The molecule has 1 aliphatic heterocycles. The number of rotatable bonds is 2. The SMILES string of the molecule is NC1(C(=O)Nc2nnns2)CCOCC1. The van der Waals surface area contributed by atoms with E-state index in [1.165, 1.54) is 0 Å². The fourth-order valence-corrected chi connectivity index (χ4v) is 1.73. The van der Waals surface area contributed by atoms with Crippen molar-refractivity contribution in [1.82, 2.24) is 14.8 Å². The van der Waals surface area contributed by atoms with Crippen LogP contribution in [0.2, 0.25) is 0 Å². The first-order valence-electron chi connectivity index (χ1n) is 4.54. The van der Waals surface area contributed by atoms with E-state index in [-0.39, 0.29) is 5.91 Å². The predicted molar refractivity (Wildman–Crippen MR) is 53.3 cm³/mol. The van der Waals surface area contributed by atoms with Gasteiger partial charge in [0.1, 0.15) is 5.54 Å². The number of hydrogen-bond acceptors (Lipinski definition) is 7. The highest BCUT2D eigenvalue weighted by molar-refractivity contribution is 7.09. The molecule has 8 heteroatoms. The summed E-state index contributed by atoms with van der Waals surface area (Å²) in [5.74, 6) is -0.246. The molecule has 82 valence electrons. The normalized spacial score (nSPS) is 19.8. The van der Waals surface area contributed by atoms with Crippen molar-refractivity contribution in [3.05, 3.63) is 0 Å². The highest BCUT2D eigenvalue weighted by atomic mass is 32.1. The van der Waals surface area contributed by atoms with E-state index < -0.39 is 5.54 Å². The maximum absolute atomic E-state index is 11.8. The minimum absolute atomic E-state index is 0.246. The number of aromatic nitrogens is 3. The molecule has 1 aliphatic rings. The van der Waals surface area contributed by atoms with Gasteiger partial charge in [-0.15, -0.1) is 0 Å². The van der Waals surface area contributed by atoms with Gasteiger partial charge in [0.2, 0.25) is 11.0 Å². The van der Waals surface area contributed by atoms with Gasteiger partial charge in [-0.05, 0) is 18.1 Å². The lowest BCUT2D eigenvalue weighted by Gasteiger charge is -2.31. The summed E-state index contributed by atoms with van der Waals surface area (Å²) in [7, 11) is 0. The van der Waals surface area contributed by atoms with Crippen molar-refractivity contribution in [2.75, 3.05) is 18.5 Å². The van der Waals surface area contributed by atoms with Crippen molar-refractivity contribution >= 4 is 22.6 Å². The molecule has 2 heterocycles. The van der Waals surface area contributed by atoms with E-state index in [0.29, 0.717) is 31.2 Å². The fourth-order valence-electron chi connectivity index (χ4n) is 1.37. The van der Waals surface area contributed by atoms with E-state index in [2.05, 4.69) is 20.1 Å². The zero-order chi connectivity index (χ0) is 10.7. The molecule has 0 saturated carbocycles. The number of nitrogens with two attached hydrogens (primary N) is 1. The number of hydrogen-bond donors (Lipinski definition) is 2. The molecule has 1 fully saturated rings. The maximum atomic E-state index is 11.8. The van der Waals surface area contributed by atoms with E-state index in [0.717, 1.165) is 11.5 Å². The summed E-state index contributed by atoms with van der Waals surface area (Å²) in [5.41, 5.74) is 5.11. The van der Waals surface area contributed by atoms with Gasteiger partial charge in [0.25, 0.3) is 0 Å². The lowest BCUT2D eigenvalue weighted by Crippen LogP contribution is -2.54. The number of nitrogens with zero attached hydrogens (tertiary/aromatic N) is 3. The molecule has 2 rings (SSSR count). The lowest BCUT2D eigenvalue weighted by atomic mass is 9.90. The number of anilines is 1. The summed E-state index contributed by atoms with van der Waals surface area (Å²) in [6.07, 6.45) is 1.04. The van der Waals surface area contributed by atoms with Crippen LogP contribution in [0.15, 0.2) is 0 Å². The van der Waals surface area contributed by atoms with Gasteiger partial charge >= 0.3 is 0 Å². The molecular weight excluding hydrogens is 218 g/mol. The van der Waals surface area contributed by atoms with Crippen molar-refractivity contribution in [3.63, 3.8) is 0 Å². The first kappa shape index (κ1) is 10.4.